The maximum Gasteiger partial charge on any atom is 0.279 e. The van der Waals surface area contributed by atoms with Crippen molar-refractivity contribution in [1.29, 1.82) is 0 Å². The molecule has 104 valence electrons. The molecule has 1 aromatic carbocycles. The first-order valence-corrected chi connectivity index (χ1v) is 7.27. The Morgan fingerprint density at radius 1 is 1.16 bits per heavy atom. The number of carbonyl (C=O) groups excluding carboxylic acids is 1. The van der Waals surface area contributed by atoms with E-state index < -0.39 is 0 Å². The summed E-state index contributed by atoms with van der Waals surface area (Å²) in [6, 6.07) is 7.23. The zero-order valence-corrected chi connectivity index (χ0v) is 12.1. The van der Waals surface area contributed by atoms with E-state index in [0.29, 0.717) is 11.6 Å². The molecule has 1 saturated heterocycles. The van der Waals surface area contributed by atoms with E-state index in [9.17, 15) is 4.79 Å². The number of hydrogen-bond acceptors (Lipinski definition) is 1. The van der Waals surface area contributed by atoms with E-state index in [1.165, 1.54) is 24.5 Å². The molecule has 19 heavy (non-hydrogen) atoms. The summed E-state index contributed by atoms with van der Waals surface area (Å²) < 4.78 is 0. The number of likely N-dealkylation sites (N-methyl/N-ethyl adjacent to an activating group) is 1. The third-order valence-corrected chi connectivity index (χ3v) is 3.95. The van der Waals surface area contributed by atoms with E-state index in [1.807, 2.05) is 12.1 Å². The zero-order chi connectivity index (χ0) is 13.7. The van der Waals surface area contributed by atoms with Crippen LogP contribution in [-0.4, -0.2) is 45.2 Å². The van der Waals surface area contributed by atoms with Crippen LogP contribution in [0, 0.1) is 0 Å². The lowest BCUT2D eigenvalue weighted by atomic mass is 10.3. The average molecular weight is 284 g/mol. The van der Waals surface area contributed by atoms with E-state index in [0.717, 1.165) is 18.8 Å². The number of piperazine rings is 1. The van der Waals surface area contributed by atoms with Crippen molar-refractivity contribution in [3.05, 3.63) is 29.3 Å². The van der Waals surface area contributed by atoms with Crippen molar-refractivity contribution in [2.45, 2.75) is 6.92 Å². The molecule has 5 heteroatoms. The second-order valence-electron chi connectivity index (χ2n) is 5.09. The molecule has 3 N–H and O–H groups in total. The molecule has 0 atom stereocenters. The Bertz CT molecular complexity index is 413. The van der Waals surface area contributed by atoms with Crippen LogP contribution in [-0.2, 0) is 4.79 Å². The van der Waals surface area contributed by atoms with E-state index in [-0.39, 0.29) is 5.91 Å². The zero-order valence-electron chi connectivity index (χ0n) is 11.3. The lowest BCUT2D eigenvalue weighted by molar-refractivity contribution is -1.01. The molecule has 0 aromatic heterocycles. The molecule has 1 amide bonds. The lowest BCUT2D eigenvalue weighted by Gasteiger charge is -2.28. The predicted octanol–water partition coefficient (Wildman–Crippen LogP) is -0.918. The molecule has 1 heterocycles. The van der Waals surface area contributed by atoms with Crippen molar-refractivity contribution in [3.8, 4) is 0 Å². The largest absolute Gasteiger partial charge is 0.326 e. The number of benzene rings is 1. The fourth-order valence-corrected chi connectivity index (χ4v) is 2.58. The third-order valence-electron chi connectivity index (χ3n) is 3.70. The fourth-order valence-electron chi connectivity index (χ4n) is 2.45. The van der Waals surface area contributed by atoms with E-state index >= 15 is 0 Å². The monoisotopic (exact) mass is 283 g/mol. The van der Waals surface area contributed by atoms with Crippen LogP contribution >= 0.6 is 11.6 Å². The van der Waals surface area contributed by atoms with Gasteiger partial charge in [0.15, 0.2) is 6.54 Å². The van der Waals surface area contributed by atoms with Gasteiger partial charge in [0.2, 0.25) is 0 Å². The molecule has 1 aliphatic rings. The number of hydrogen-bond donors (Lipinski definition) is 3. The van der Waals surface area contributed by atoms with E-state index in [2.05, 4.69) is 12.2 Å². The minimum absolute atomic E-state index is 0.0808. The maximum absolute atomic E-state index is 11.9. The van der Waals surface area contributed by atoms with Crippen LogP contribution in [0.5, 0.6) is 0 Å². The number of amides is 1. The SMILES string of the molecule is CC[NH+]1CC[NH+](CC(=O)Nc2ccc(Cl)cc2)CC1. The fraction of sp³-hybridized carbons (Fsp3) is 0.500. The Kier molecular flexibility index (Phi) is 5.19. The van der Waals surface area contributed by atoms with E-state index in [4.69, 9.17) is 11.6 Å². The highest BCUT2D eigenvalue weighted by Crippen LogP contribution is 2.12. The summed E-state index contributed by atoms with van der Waals surface area (Å²) in [6.07, 6.45) is 0. The van der Waals surface area contributed by atoms with Gasteiger partial charge in [0.1, 0.15) is 26.2 Å². The van der Waals surface area contributed by atoms with Gasteiger partial charge < -0.3 is 15.1 Å². The van der Waals surface area contributed by atoms with Gasteiger partial charge in [-0.2, -0.15) is 0 Å². The van der Waals surface area contributed by atoms with Crippen LogP contribution < -0.4 is 15.1 Å². The third kappa shape index (κ3) is 4.49. The average Bonchev–Trinajstić information content (AvgIpc) is 2.42. The molecular weight excluding hydrogens is 262 g/mol. The Morgan fingerprint density at radius 3 is 2.32 bits per heavy atom. The number of anilines is 1. The van der Waals surface area contributed by atoms with Gasteiger partial charge in [-0.05, 0) is 31.2 Å². The van der Waals surface area contributed by atoms with Gasteiger partial charge >= 0.3 is 0 Å². The summed E-state index contributed by atoms with van der Waals surface area (Å²) in [5.74, 6) is 0.0808. The predicted molar refractivity (Wildman–Crippen MR) is 76.9 cm³/mol. The van der Waals surface area contributed by atoms with Crippen molar-refractivity contribution in [2.75, 3.05) is 44.6 Å². The van der Waals surface area contributed by atoms with Gasteiger partial charge in [-0.3, -0.25) is 4.79 Å². The molecule has 0 unspecified atom stereocenters. The highest BCUT2D eigenvalue weighted by molar-refractivity contribution is 6.30. The van der Waals surface area contributed by atoms with Crippen molar-refractivity contribution in [1.82, 2.24) is 0 Å². The van der Waals surface area contributed by atoms with Crippen molar-refractivity contribution in [3.63, 3.8) is 0 Å². The molecule has 0 saturated carbocycles. The Labute approximate surface area is 119 Å². The summed E-state index contributed by atoms with van der Waals surface area (Å²) in [5, 5.41) is 3.60. The topological polar surface area (TPSA) is 38.0 Å². The Morgan fingerprint density at radius 2 is 1.74 bits per heavy atom. The molecule has 0 bridgehead atoms. The minimum atomic E-state index is 0.0808. The van der Waals surface area contributed by atoms with E-state index in [1.54, 1.807) is 17.0 Å². The lowest BCUT2D eigenvalue weighted by Crippen LogP contribution is -3.28. The highest BCUT2D eigenvalue weighted by Gasteiger charge is 2.23. The van der Waals surface area contributed by atoms with Crippen molar-refractivity contribution >= 4 is 23.2 Å². The second kappa shape index (κ2) is 6.89. The number of rotatable bonds is 4. The molecule has 0 spiro atoms. The van der Waals surface area contributed by atoms with Crippen LogP contribution in [0.3, 0.4) is 0 Å². The molecule has 1 aliphatic heterocycles. The molecule has 4 nitrogen and oxygen atoms in total. The van der Waals surface area contributed by atoms with Crippen LogP contribution in [0.1, 0.15) is 6.92 Å². The van der Waals surface area contributed by atoms with Gasteiger partial charge in [-0.15, -0.1) is 0 Å². The van der Waals surface area contributed by atoms with Crippen molar-refractivity contribution in [2.24, 2.45) is 0 Å². The maximum atomic E-state index is 11.9. The molecule has 0 radical (unpaired) electrons. The Balaban J connectivity index is 1.77. The number of quaternary nitrogens is 2. The molecule has 0 aliphatic carbocycles. The summed E-state index contributed by atoms with van der Waals surface area (Å²) >= 11 is 5.81. The molecule has 1 fully saturated rings. The summed E-state index contributed by atoms with van der Waals surface area (Å²) in [4.78, 5) is 15.0. The number of nitrogens with one attached hydrogen (secondary N) is 3. The van der Waals surface area contributed by atoms with Crippen LogP contribution in [0.25, 0.3) is 0 Å². The first-order chi connectivity index (χ1) is 9.17. The Hall–Kier alpha value is -1.10. The standard InChI is InChI=1S/C14H20ClN3O/c1-2-17-7-9-18(10-8-17)11-14(19)16-13-5-3-12(15)4-6-13/h3-6H,2,7-11H2,1H3,(H,16,19)/p+2. The van der Waals surface area contributed by atoms with Gasteiger partial charge in [0.25, 0.3) is 5.91 Å². The van der Waals surface area contributed by atoms with Crippen molar-refractivity contribution < 1.29 is 14.6 Å². The number of carbonyl (C=O) groups is 1. The summed E-state index contributed by atoms with van der Waals surface area (Å²) in [7, 11) is 0. The minimum Gasteiger partial charge on any atom is -0.326 e. The summed E-state index contributed by atoms with van der Waals surface area (Å²) in [6.45, 7) is 8.45. The first-order valence-electron chi connectivity index (χ1n) is 6.90. The molecular formula is C14H22ClN3O+2. The first kappa shape index (κ1) is 14.3. The smallest absolute Gasteiger partial charge is 0.279 e. The molecule has 1 aromatic rings. The van der Waals surface area contributed by atoms with Crippen LogP contribution in [0.4, 0.5) is 5.69 Å². The van der Waals surface area contributed by atoms with Gasteiger partial charge in [0, 0.05) is 10.7 Å². The molecule has 2 rings (SSSR count). The quantitative estimate of drug-likeness (QED) is 0.657. The number of halogens is 1. The normalized spacial score (nSPS) is 23.1. The van der Waals surface area contributed by atoms with Crippen LogP contribution in [0.15, 0.2) is 24.3 Å². The summed E-state index contributed by atoms with van der Waals surface area (Å²) in [5.41, 5.74) is 0.812. The van der Waals surface area contributed by atoms with Crippen LogP contribution in [0.2, 0.25) is 5.02 Å². The highest BCUT2D eigenvalue weighted by atomic mass is 35.5. The van der Waals surface area contributed by atoms with Gasteiger partial charge in [0.05, 0.1) is 6.54 Å². The second-order valence-corrected chi connectivity index (χ2v) is 5.52. The van der Waals surface area contributed by atoms with Gasteiger partial charge in [-0.1, -0.05) is 11.6 Å². The van der Waals surface area contributed by atoms with Gasteiger partial charge in [-0.25, -0.2) is 0 Å².